The fraction of sp³-hybridized carbons (Fsp3) is 0.700. The SMILES string of the molecule is Cc1c(C(=O)N2CC[C@H](C)[C@@H]3CCCC[C@@H]32)[nH]c2c1C(=O)CCC2. The molecule has 3 aliphatic rings. The molecule has 2 heterocycles. The Labute approximate surface area is 144 Å². The van der Waals surface area contributed by atoms with Gasteiger partial charge in [-0.1, -0.05) is 19.8 Å². The van der Waals surface area contributed by atoms with Crippen LogP contribution in [0.1, 0.15) is 84.0 Å². The lowest BCUT2D eigenvalue weighted by atomic mass is 9.72. The van der Waals surface area contributed by atoms with Gasteiger partial charge in [-0.15, -0.1) is 0 Å². The van der Waals surface area contributed by atoms with E-state index in [0.717, 1.165) is 55.0 Å². The number of aromatic amines is 1. The summed E-state index contributed by atoms with van der Waals surface area (Å²) < 4.78 is 0. The summed E-state index contributed by atoms with van der Waals surface area (Å²) in [7, 11) is 0. The molecule has 0 aromatic carbocycles. The molecule has 1 saturated heterocycles. The molecule has 130 valence electrons. The Balaban J connectivity index is 1.65. The summed E-state index contributed by atoms with van der Waals surface area (Å²) in [4.78, 5) is 31.0. The number of H-pyrrole nitrogens is 1. The van der Waals surface area contributed by atoms with Crippen molar-refractivity contribution < 1.29 is 9.59 Å². The number of rotatable bonds is 1. The van der Waals surface area contributed by atoms with Gasteiger partial charge >= 0.3 is 0 Å². The highest BCUT2D eigenvalue weighted by Crippen LogP contribution is 2.39. The molecule has 0 bridgehead atoms. The molecule has 4 heteroatoms. The largest absolute Gasteiger partial charge is 0.354 e. The van der Waals surface area contributed by atoms with Gasteiger partial charge in [-0.2, -0.15) is 0 Å². The molecule has 0 unspecified atom stereocenters. The van der Waals surface area contributed by atoms with E-state index >= 15 is 0 Å². The Bertz CT molecular complexity index is 675. The number of aryl methyl sites for hydroxylation is 1. The highest BCUT2D eigenvalue weighted by Gasteiger charge is 2.40. The third-order valence-electron chi connectivity index (χ3n) is 6.65. The average Bonchev–Trinajstić information content (AvgIpc) is 2.93. The fourth-order valence-corrected chi connectivity index (χ4v) is 5.30. The number of amides is 1. The molecular formula is C20H28N2O2. The van der Waals surface area contributed by atoms with E-state index in [0.29, 0.717) is 24.1 Å². The summed E-state index contributed by atoms with van der Waals surface area (Å²) in [6.07, 6.45) is 8.43. The van der Waals surface area contributed by atoms with Crippen LogP contribution in [-0.4, -0.2) is 34.2 Å². The minimum atomic E-state index is 0.124. The van der Waals surface area contributed by atoms with Crippen LogP contribution in [0.25, 0.3) is 0 Å². The lowest BCUT2D eigenvalue weighted by Gasteiger charge is -2.47. The van der Waals surface area contributed by atoms with Gasteiger partial charge < -0.3 is 9.88 Å². The van der Waals surface area contributed by atoms with Crippen LogP contribution in [0.4, 0.5) is 0 Å². The molecule has 1 aromatic rings. The van der Waals surface area contributed by atoms with Crippen molar-refractivity contribution in [3.8, 4) is 0 Å². The van der Waals surface area contributed by atoms with E-state index in [1.165, 1.54) is 19.3 Å². The molecule has 2 fully saturated rings. The Morgan fingerprint density at radius 2 is 1.92 bits per heavy atom. The van der Waals surface area contributed by atoms with Gasteiger partial charge in [-0.05, 0) is 56.4 Å². The van der Waals surface area contributed by atoms with Crippen molar-refractivity contribution >= 4 is 11.7 Å². The second-order valence-electron chi connectivity index (χ2n) is 8.04. The third-order valence-corrected chi connectivity index (χ3v) is 6.65. The second-order valence-corrected chi connectivity index (χ2v) is 8.04. The minimum absolute atomic E-state index is 0.124. The summed E-state index contributed by atoms with van der Waals surface area (Å²) in [6.45, 7) is 5.15. The van der Waals surface area contributed by atoms with Gasteiger partial charge in [0, 0.05) is 30.3 Å². The fourth-order valence-electron chi connectivity index (χ4n) is 5.30. The molecule has 2 aliphatic carbocycles. The lowest BCUT2D eigenvalue weighted by molar-refractivity contribution is 0.0213. The van der Waals surface area contributed by atoms with E-state index in [2.05, 4.69) is 16.8 Å². The molecule has 4 rings (SSSR count). The molecule has 0 radical (unpaired) electrons. The predicted molar refractivity (Wildman–Crippen MR) is 93.4 cm³/mol. The third kappa shape index (κ3) is 2.42. The number of nitrogens with one attached hydrogen (secondary N) is 1. The van der Waals surface area contributed by atoms with Crippen molar-refractivity contribution in [2.24, 2.45) is 11.8 Å². The van der Waals surface area contributed by atoms with Crippen LogP contribution in [0.5, 0.6) is 0 Å². The Morgan fingerprint density at radius 3 is 2.71 bits per heavy atom. The standard InChI is InChI=1S/C20H28N2O2/c1-12-10-11-22(16-8-4-3-6-14(12)16)20(24)19-13(2)18-15(21-19)7-5-9-17(18)23/h12,14,16,21H,3-11H2,1-2H3/t12-,14-,16-/m0/s1. The summed E-state index contributed by atoms with van der Waals surface area (Å²) in [5, 5.41) is 0. The number of fused-ring (bicyclic) bond motifs is 2. The maximum absolute atomic E-state index is 13.3. The molecule has 3 atom stereocenters. The number of ketones is 1. The van der Waals surface area contributed by atoms with Crippen molar-refractivity contribution in [3.05, 3.63) is 22.5 Å². The van der Waals surface area contributed by atoms with Gasteiger partial charge in [0.15, 0.2) is 5.78 Å². The first-order valence-electron chi connectivity index (χ1n) is 9.63. The highest BCUT2D eigenvalue weighted by molar-refractivity contribution is 6.04. The van der Waals surface area contributed by atoms with Crippen molar-refractivity contribution in [3.63, 3.8) is 0 Å². The summed E-state index contributed by atoms with van der Waals surface area (Å²) in [5.41, 5.74) is 3.34. The maximum atomic E-state index is 13.3. The quantitative estimate of drug-likeness (QED) is 0.850. The van der Waals surface area contributed by atoms with Gasteiger partial charge in [0.05, 0.1) is 0 Å². The monoisotopic (exact) mass is 328 g/mol. The number of carbonyl (C=O) groups excluding carboxylic acids is 2. The van der Waals surface area contributed by atoms with Crippen LogP contribution in [0.15, 0.2) is 0 Å². The number of Topliss-reactive ketones (excluding diaryl/α,β-unsaturated/α-hetero) is 1. The van der Waals surface area contributed by atoms with E-state index in [9.17, 15) is 9.59 Å². The van der Waals surface area contributed by atoms with Gasteiger partial charge in [0.25, 0.3) is 5.91 Å². The molecule has 1 amide bonds. The Morgan fingerprint density at radius 1 is 1.12 bits per heavy atom. The van der Waals surface area contributed by atoms with Crippen LogP contribution in [-0.2, 0) is 6.42 Å². The Kier molecular flexibility index (Phi) is 4.01. The zero-order chi connectivity index (χ0) is 16.8. The highest BCUT2D eigenvalue weighted by atomic mass is 16.2. The van der Waals surface area contributed by atoms with Gasteiger partial charge in [-0.3, -0.25) is 9.59 Å². The van der Waals surface area contributed by atoms with Crippen molar-refractivity contribution in [2.75, 3.05) is 6.54 Å². The molecular weight excluding hydrogens is 300 g/mol. The first kappa shape index (κ1) is 15.9. The molecule has 1 saturated carbocycles. The number of hydrogen-bond acceptors (Lipinski definition) is 2. The normalized spacial score (nSPS) is 30.0. The van der Waals surface area contributed by atoms with E-state index in [4.69, 9.17) is 0 Å². The van der Waals surface area contributed by atoms with E-state index in [1.54, 1.807) is 0 Å². The first-order valence-corrected chi connectivity index (χ1v) is 9.63. The van der Waals surface area contributed by atoms with Crippen LogP contribution in [0.2, 0.25) is 0 Å². The number of hydrogen-bond donors (Lipinski definition) is 1. The van der Waals surface area contributed by atoms with Crippen LogP contribution >= 0.6 is 0 Å². The second kappa shape index (κ2) is 6.05. The number of nitrogens with zero attached hydrogens (tertiary/aromatic N) is 1. The van der Waals surface area contributed by atoms with Crippen molar-refractivity contribution in [1.82, 2.24) is 9.88 Å². The summed E-state index contributed by atoms with van der Waals surface area (Å²) in [6, 6.07) is 0.394. The number of piperidine rings is 1. The van der Waals surface area contributed by atoms with Crippen molar-refractivity contribution in [1.29, 1.82) is 0 Å². The van der Waals surface area contributed by atoms with Crippen LogP contribution in [0.3, 0.4) is 0 Å². The number of likely N-dealkylation sites (tertiary alicyclic amines) is 1. The molecule has 24 heavy (non-hydrogen) atoms. The number of carbonyl (C=O) groups is 2. The maximum Gasteiger partial charge on any atom is 0.270 e. The van der Waals surface area contributed by atoms with Gasteiger partial charge in [0.2, 0.25) is 0 Å². The van der Waals surface area contributed by atoms with E-state index in [-0.39, 0.29) is 11.7 Å². The number of aromatic nitrogens is 1. The molecule has 4 nitrogen and oxygen atoms in total. The Hall–Kier alpha value is -1.58. The lowest BCUT2D eigenvalue weighted by Crippen LogP contribution is -2.52. The average molecular weight is 328 g/mol. The zero-order valence-corrected chi connectivity index (χ0v) is 14.9. The molecule has 0 spiro atoms. The van der Waals surface area contributed by atoms with E-state index in [1.807, 2.05) is 6.92 Å². The van der Waals surface area contributed by atoms with Crippen molar-refractivity contribution in [2.45, 2.75) is 71.3 Å². The summed E-state index contributed by atoms with van der Waals surface area (Å²) in [5.74, 6) is 1.70. The molecule has 1 N–H and O–H groups in total. The first-order chi connectivity index (χ1) is 11.6. The topological polar surface area (TPSA) is 53.2 Å². The van der Waals surface area contributed by atoms with Gasteiger partial charge in [-0.25, -0.2) is 0 Å². The van der Waals surface area contributed by atoms with Crippen LogP contribution < -0.4 is 0 Å². The molecule has 1 aliphatic heterocycles. The smallest absolute Gasteiger partial charge is 0.270 e. The van der Waals surface area contributed by atoms with Crippen LogP contribution in [0, 0.1) is 18.8 Å². The van der Waals surface area contributed by atoms with Gasteiger partial charge in [0.1, 0.15) is 5.69 Å². The van der Waals surface area contributed by atoms with E-state index < -0.39 is 0 Å². The predicted octanol–water partition coefficient (Wildman–Crippen LogP) is 3.88. The minimum Gasteiger partial charge on any atom is -0.354 e. The zero-order valence-electron chi connectivity index (χ0n) is 14.9. The molecule has 1 aromatic heterocycles. The summed E-state index contributed by atoms with van der Waals surface area (Å²) >= 11 is 0.